The van der Waals surface area contributed by atoms with Crippen LogP contribution in [-0.2, 0) is 4.79 Å². The van der Waals surface area contributed by atoms with Crippen molar-refractivity contribution in [2.24, 2.45) is 5.73 Å². The second-order valence-electron chi connectivity index (χ2n) is 6.22. The number of nitrogens with one attached hydrogen (secondary N) is 1. The molecule has 4 rings (SSSR count). The highest BCUT2D eigenvalue weighted by Gasteiger charge is 2.30. The summed E-state index contributed by atoms with van der Waals surface area (Å²) < 4.78 is 1.17. The maximum atomic E-state index is 12.5. The van der Waals surface area contributed by atoms with Gasteiger partial charge in [-0.25, -0.2) is 4.98 Å². The Balaban J connectivity index is 1.47. The number of amides is 2. The van der Waals surface area contributed by atoms with E-state index in [4.69, 9.17) is 10.7 Å². The van der Waals surface area contributed by atoms with Crippen LogP contribution in [0.2, 0.25) is 0 Å². The van der Waals surface area contributed by atoms with Crippen molar-refractivity contribution in [1.82, 2.24) is 9.88 Å². The highest BCUT2D eigenvalue weighted by atomic mass is 32.1. The van der Waals surface area contributed by atoms with Crippen LogP contribution in [0.15, 0.2) is 35.7 Å². The number of benzene rings is 1. The summed E-state index contributed by atoms with van der Waals surface area (Å²) >= 11 is 3.00. The minimum Gasteiger partial charge on any atom is -0.366 e. The number of fused-ring (bicyclic) bond motifs is 1. The summed E-state index contributed by atoms with van der Waals surface area (Å²) in [5, 5.41) is 6.14. The number of thiophene rings is 1. The average molecular weight is 387 g/mol. The molecule has 0 aliphatic carbocycles. The van der Waals surface area contributed by atoms with Gasteiger partial charge in [-0.3, -0.25) is 14.5 Å². The minimum absolute atomic E-state index is 0.136. The molecule has 8 heteroatoms. The summed E-state index contributed by atoms with van der Waals surface area (Å²) in [6, 6.07) is 9.89. The predicted molar refractivity (Wildman–Crippen MR) is 105 cm³/mol. The molecule has 134 valence electrons. The van der Waals surface area contributed by atoms with E-state index < -0.39 is 5.91 Å². The van der Waals surface area contributed by atoms with Crippen LogP contribution in [-0.4, -0.2) is 34.8 Å². The number of carbonyl (C=O) groups is 2. The van der Waals surface area contributed by atoms with Gasteiger partial charge < -0.3 is 11.1 Å². The maximum absolute atomic E-state index is 12.5. The lowest BCUT2D eigenvalue weighted by Crippen LogP contribution is -2.33. The zero-order valence-electron chi connectivity index (χ0n) is 14.0. The summed E-state index contributed by atoms with van der Waals surface area (Å²) in [7, 11) is 0. The molecule has 0 spiro atoms. The standard InChI is InChI=1S/C18H18N4O2S2/c19-16(24)11-7-9-25-17(11)21-15(23)10-22-8-3-5-13(22)18-20-12-4-1-2-6-14(12)26-18/h1-2,4,6-7,9,13H,3,5,8,10H2,(H2,19,24)(H,21,23)/t13-/m1/s1. The molecule has 6 nitrogen and oxygen atoms in total. The molecule has 1 aliphatic heterocycles. The minimum atomic E-state index is -0.532. The number of thiazole rings is 1. The van der Waals surface area contributed by atoms with Gasteiger partial charge in [-0.1, -0.05) is 12.1 Å². The van der Waals surface area contributed by atoms with E-state index in [-0.39, 0.29) is 18.5 Å². The van der Waals surface area contributed by atoms with Crippen molar-refractivity contribution in [2.45, 2.75) is 18.9 Å². The molecule has 1 atom stereocenters. The molecular weight excluding hydrogens is 368 g/mol. The zero-order chi connectivity index (χ0) is 18.1. The molecule has 2 amide bonds. The van der Waals surface area contributed by atoms with Crippen LogP contribution in [0.3, 0.4) is 0 Å². The van der Waals surface area contributed by atoms with Crippen molar-refractivity contribution in [3.05, 3.63) is 46.3 Å². The molecule has 0 saturated carbocycles. The van der Waals surface area contributed by atoms with Gasteiger partial charge in [0.2, 0.25) is 5.91 Å². The molecule has 3 heterocycles. The summed E-state index contributed by atoms with van der Waals surface area (Å²) in [5.41, 5.74) is 6.69. The Hall–Kier alpha value is -2.29. The van der Waals surface area contributed by atoms with Crippen molar-refractivity contribution < 1.29 is 9.59 Å². The molecule has 0 unspecified atom stereocenters. The molecule has 0 radical (unpaired) electrons. The highest BCUT2D eigenvalue weighted by Crippen LogP contribution is 2.36. The molecule has 1 saturated heterocycles. The summed E-state index contributed by atoms with van der Waals surface area (Å²) in [6.45, 7) is 1.14. The van der Waals surface area contributed by atoms with Crippen LogP contribution in [0.1, 0.15) is 34.2 Å². The van der Waals surface area contributed by atoms with Gasteiger partial charge in [0, 0.05) is 0 Å². The van der Waals surface area contributed by atoms with E-state index in [1.54, 1.807) is 22.8 Å². The first-order valence-corrected chi connectivity index (χ1v) is 10.1. The van der Waals surface area contributed by atoms with E-state index in [9.17, 15) is 9.59 Å². The van der Waals surface area contributed by atoms with E-state index in [0.29, 0.717) is 10.6 Å². The Kier molecular flexibility index (Phi) is 4.71. The number of carbonyl (C=O) groups excluding carboxylic acids is 2. The largest absolute Gasteiger partial charge is 0.366 e. The van der Waals surface area contributed by atoms with Gasteiger partial charge in [0.1, 0.15) is 10.0 Å². The smallest absolute Gasteiger partial charge is 0.251 e. The van der Waals surface area contributed by atoms with E-state index >= 15 is 0 Å². The Morgan fingerprint density at radius 1 is 1.31 bits per heavy atom. The van der Waals surface area contributed by atoms with Gasteiger partial charge in [-0.2, -0.15) is 0 Å². The Bertz CT molecular complexity index is 932. The Labute approximate surface area is 158 Å². The van der Waals surface area contributed by atoms with Gasteiger partial charge >= 0.3 is 0 Å². The maximum Gasteiger partial charge on any atom is 0.251 e. The van der Waals surface area contributed by atoms with Crippen molar-refractivity contribution >= 4 is 49.7 Å². The first-order valence-electron chi connectivity index (χ1n) is 8.38. The second kappa shape index (κ2) is 7.14. The molecule has 26 heavy (non-hydrogen) atoms. The molecular formula is C18H18N4O2S2. The van der Waals surface area contributed by atoms with Crippen LogP contribution >= 0.6 is 22.7 Å². The normalized spacial score (nSPS) is 17.6. The van der Waals surface area contributed by atoms with Crippen LogP contribution in [0.25, 0.3) is 10.2 Å². The van der Waals surface area contributed by atoms with Gasteiger partial charge in [-0.15, -0.1) is 22.7 Å². The summed E-state index contributed by atoms with van der Waals surface area (Å²) in [6.07, 6.45) is 2.04. The lowest BCUT2D eigenvalue weighted by atomic mass is 10.2. The number of rotatable bonds is 5. The second-order valence-corrected chi connectivity index (χ2v) is 8.20. The molecule has 0 bridgehead atoms. The lowest BCUT2D eigenvalue weighted by Gasteiger charge is -2.21. The average Bonchev–Trinajstić information content (AvgIpc) is 3.32. The topological polar surface area (TPSA) is 88.3 Å². The van der Waals surface area contributed by atoms with Crippen molar-refractivity contribution in [3.63, 3.8) is 0 Å². The number of hydrogen-bond donors (Lipinski definition) is 2. The number of primary amides is 1. The van der Waals surface area contributed by atoms with Crippen LogP contribution < -0.4 is 11.1 Å². The molecule has 1 fully saturated rings. The predicted octanol–water partition coefficient (Wildman–Crippen LogP) is 3.23. The number of aromatic nitrogens is 1. The molecule has 1 aromatic carbocycles. The fourth-order valence-electron chi connectivity index (χ4n) is 3.28. The molecule has 2 aromatic heterocycles. The number of likely N-dealkylation sites (tertiary alicyclic amines) is 1. The number of para-hydroxylation sites is 1. The van der Waals surface area contributed by atoms with Gasteiger partial charge in [0.25, 0.3) is 5.91 Å². The lowest BCUT2D eigenvalue weighted by molar-refractivity contribution is -0.117. The monoisotopic (exact) mass is 386 g/mol. The number of anilines is 1. The number of nitrogens with two attached hydrogens (primary N) is 1. The third-order valence-corrected chi connectivity index (χ3v) is 6.46. The molecule has 3 aromatic rings. The highest BCUT2D eigenvalue weighted by molar-refractivity contribution is 7.18. The third-order valence-electron chi connectivity index (χ3n) is 4.49. The van der Waals surface area contributed by atoms with Crippen molar-refractivity contribution in [1.29, 1.82) is 0 Å². The van der Waals surface area contributed by atoms with Gasteiger partial charge in [0.15, 0.2) is 0 Å². The third kappa shape index (κ3) is 3.35. The van der Waals surface area contributed by atoms with Crippen molar-refractivity contribution in [3.8, 4) is 0 Å². The number of hydrogen-bond acceptors (Lipinski definition) is 6. The van der Waals surface area contributed by atoms with E-state index in [1.807, 2.05) is 18.2 Å². The molecule has 1 aliphatic rings. The van der Waals surface area contributed by atoms with Gasteiger partial charge in [0.05, 0.1) is 28.4 Å². The van der Waals surface area contributed by atoms with Crippen LogP contribution in [0.5, 0.6) is 0 Å². The SMILES string of the molecule is NC(=O)c1ccsc1NC(=O)CN1CCC[C@@H]1c1nc2ccccc2s1. The first kappa shape index (κ1) is 17.1. The zero-order valence-corrected chi connectivity index (χ0v) is 15.6. The van der Waals surface area contributed by atoms with E-state index in [1.165, 1.54) is 16.0 Å². The van der Waals surface area contributed by atoms with Gasteiger partial charge in [-0.05, 0) is 43.0 Å². The number of nitrogens with zero attached hydrogens (tertiary/aromatic N) is 2. The fourth-order valence-corrected chi connectivity index (χ4v) is 5.22. The van der Waals surface area contributed by atoms with Crippen LogP contribution in [0.4, 0.5) is 5.00 Å². The quantitative estimate of drug-likeness (QED) is 0.705. The molecule has 3 N–H and O–H groups in total. The first-order chi connectivity index (χ1) is 12.6. The van der Waals surface area contributed by atoms with Crippen molar-refractivity contribution in [2.75, 3.05) is 18.4 Å². The summed E-state index contributed by atoms with van der Waals surface area (Å²) in [5.74, 6) is -0.668. The Morgan fingerprint density at radius 3 is 2.96 bits per heavy atom. The van der Waals surface area contributed by atoms with E-state index in [2.05, 4.69) is 16.3 Å². The fraction of sp³-hybridized carbons (Fsp3) is 0.278. The van der Waals surface area contributed by atoms with E-state index in [0.717, 1.165) is 29.9 Å². The van der Waals surface area contributed by atoms with Crippen LogP contribution in [0, 0.1) is 0 Å². The summed E-state index contributed by atoms with van der Waals surface area (Å²) in [4.78, 5) is 30.8. The Morgan fingerprint density at radius 2 is 2.15 bits per heavy atom.